The molecule has 3 aliphatic rings. The molecule has 1 aromatic rings. The van der Waals surface area contributed by atoms with Gasteiger partial charge in [0.25, 0.3) is 5.91 Å². The summed E-state index contributed by atoms with van der Waals surface area (Å²) in [5.74, 6) is 1.97. The van der Waals surface area contributed by atoms with E-state index in [0.717, 1.165) is 31.4 Å². The third-order valence-electron chi connectivity index (χ3n) is 5.48. The van der Waals surface area contributed by atoms with Gasteiger partial charge in [0.2, 0.25) is 0 Å². The first kappa shape index (κ1) is 17.4. The van der Waals surface area contributed by atoms with E-state index in [9.17, 15) is 9.59 Å². The van der Waals surface area contributed by atoms with Crippen LogP contribution in [0.2, 0.25) is 0 Å². The molecule has 142 valence electrons. The molecule has 3 fully saturated rings. The van der Waals surface area contributed by atoms with Crippen LogP contribution in [-0.2, 0) is 4.74 Å². The average molecular weight is 361 g/mol. The van der Waals surface area contributed by atoms with Crippen molar-refractivity contribution < 1.29 is 18.8 Å². The van der Waals surface area contributed by atoms with E-state index in [4.69, 9.17) is 9.26 Å². The molecule has 7 nitrogen and oxygen atoms in total. The molecule has 26 heavy (non-hydrogen) atoms. The lowest BCUT2D eigenvalue weighted by molar-refractivity contribution is 0.0278. The highest BCUT2D eigenvalue weighted by molar-refractivity contribution is 5.92. The summed E-state index contributed by atoms with van der Waals surface area (Å²) in [4.78, 5) is 26.4. The number of amides is 2. The fourth-order valence-corrected chi connectivity index (χ4v) is 4.11. The SMILES string of the molecule is CC(C)(C)OC(=O)N1C[C@H]2CC(NC(=O)c3cc(C4CC4)on3)C[C@H]2C1. The molecule has 0 spiro atoms. The van der Waals surface area contributed by atoms with Gasteiger partial charge >= 0.3 is 6.09 Å². The monoisotopic (exact) mass is 361 g/mol. The van der Waals surface area contributed by atoms with E-state index in [1.807, 2.05) is 20.8 Å². The van der Waals surface area contributed by atoms with Gasteiger partial charge in [-0.3, -0.25) is 4.79 Å². The van der Waals surface area contributed by atoms with Crippen molar-refractivity contribution in [1.82, 2.24) is 15.4 Å². The zero-order chi connectivity index (χ0) is 18.5. The summed E-state index contributed by atoms with van der Waals surface area (Å²) in [6, 6.07) is 1.91. The average Bonchev–Trinajstić information content (AvgIpc) is 2.97. The molecule has 0 bridgehead atoms. The lowest BCUT2D eigenvalue weighted by atomic mass is 10.0. The Balaban J connectivity index is 1.27. The maximum atomic E-state index is 12.4. The van der Waals surface area contributed by atoms with Gasteiger partial charge < -0.3 is 19.5 Å². The summed E-state index contributed by atoms with van der Waals surface area (Å²) >= 11 is 0. The maximum absolute atomic E-state index is 12.4. The van der Waals surface area contributed by atoms with E-state index >= 15 is 0 Å². The Morgan fingerprint density at radius 2 is 1.88 bits per heavy atom. The van der Waals surface area contributed by atoms with Crippen molar-refractivity contribution >= 4 is 12.0 Å². The van der Waals surface area contributed by atoms with Gasteiger partial charge in [0.15, 0.2) is 5.69 Å². The standard InChI is InChI=1S/C19H27N3O4/c1-19(2,3)25-18(24)22-9-12-6-14(7-13(12)10-22)20-17(23)15-8-16(26-21-15)11-4-5-11/h8,11-14H,4-7,9-10H2,1-3H3,(H,20,23)/t12-,13+,14?. The number of ether oxygens (including phenoxy) is 1. The Labute approximate surface area is 153 Å². The van der Waals surface area contributed by atoms with Gasteiger partial charge in [-0.25, -0.2) is 4.79 Å². The minimum Gasteiger partial charge on any atom is -0.444 e. The van der Waals surface area contributed by atoms with Crippen LogP contribution >= 0.6 is 0 Å². The summed E-state index contributed by atoms with van der Waals surface area (Å²) in [5, 5.41) is 6.99. The Kier molecular flexibility index (Phi) is 4.20. The number of aromatic nitrogens is 1. The largest absolute Gasteiger partial charge is 0.444 e. The van der Waals surface area contributed by atoms with E-state index in [-0.39, 0.29) is 18.0 Å². The van der Waals surface area contributed by atoms with Crippen LogP contribution in [0.15, 0.2) is 10.6 Å². The third kappa shape index (κ3) is 3.71. The summed E-state index contributed by atoms with van der Waals surface area (Å²) in [6.07, 6.45) is 3.79. The normalized spacial score (nSPS) is 28.1. The van der Waals surface area contributed by atoms with Crippen LogP contribution in [-0.4, -0.2) is 46.8 Å². The first-order valence-corrected chi connectivity index (χ1v) is 9.54. The molecule has 1 N–H and O–H groups in total. The second-order valence-corrected chi connectivity index (χ2v) is 8.94. The fraction of sp³-hybridized carbons (Fsp3) is 0.737. The van der Waals surface area contributed by atoms with Crippen molar-refractivity contribution in [1.29, 1.82) is 0 Å². The summed E-state index contributed by atoms with van der Waals surface area (Å²) in [6.45, 7) is 7.06. The molecule has 3 atom stereocenters. The number of likely N-dealkylation sites (tertiary alicyclic amines) is 1. The van der Waals surface area contributed by atoms with Gasteiger partial charge in [0.05, 0.1) is 0 Å². The van der Waals surface area contributed by atoms with E-state index in [0.29, 0.717) is 36.5 Å². The molecular formula is C19H27N3O4. The van der Waals surface area contributed by atoms with Gasteiger partial charge in [-0.2, -0.15) is 0 Å². The number of carbonyl (C=O) groups is 2. The Morgan fingerprint density at radius 1 is 1.23 bits per heavy atom. The van der Waals surface area contributed by atoms with Crippen LogP contribution in [0.5, 0.6) is 0 Å². The first-order valence-electron chi connectivity index (χ1n) is 9.54. The van der Waals surface area contributed by atoms with Gasteiger partial charge in [0.1, 0.15) is 11.4 Å². The van der Waals surface area contributed by atoms with E-state index in [2.05, 4.69) is 10.5 Å². The number of rotatable bonds is 3. The molecule has 2 heterocycles. The summed E-state index contributed by atoms with van der Waals surface area (Å²) < 4.78 is 10.7. The van der Waals surface area contributed by atoms with Crippen molar-refractivity contribution in [3.63, 3.8) is 0 Å². The predicted octanol–water partition coefficient (Wildman–Crippen LogP) is 2.93. The minimum atomic E-state index is -0.470. The van der Waals surface area contributed by atoms with Crippen LogP contribution in [0.25, 0.3) is 0 Å². The van der Waals surface area contributed by atoms with Crippen molar-refractivity contribution in [2.45, 2.75) is 64.0 Å². The van der Waals surface area contributed by atoms with Crippen LogP contribution in [0.4, 0.5) is 4.79 Å². The van der Waals surface area contributed by atoms with Gasteiger partial charge in [-0.05, 0) is 58.3 Å². The lowest BCUT2D eigenvalue weighted by Gasteiger charge is -2.25. The van der Waals surface area contributed by atoms with Crippen LogP contribution < -0.4 is 5.32 Å². The predicted molar refractivity (Wildman–Crippen MR) is 93.8 cm³/mol. The van der Waals surface area contributed by atoms with Crippen molar-refractivity contribution in [3.8, 4) is 0 Å². The number of hydrogen-bond acceptors (Lipinski definition) is 5. The van der Waals surface area contributed by atoms with Crippen molar-refractivity contribution in [2.24, 2.45) is 11.8 Å². The second kappa shape index (κ2) is 6.28. The zero-order valence-electron chi connectivity index (χ0n) is 15.7. The Hall–Kier alpha value is -2.05. The highest BCUT2D eigenvalue weighted by atomic mass is 16.6. The van der Waals surface area contributed by atoms with E-state index in [1.165, 1.54) is 0 Å². The molecule has 2 saturated carbocycles. The van der Waals surface area contributed by atoms with Crippen LogP contribution in [0.1, 0.15) is 68.6 Å². The lowest BCUT2D eigenvalue weighted by Crippen LogP contribution is -2.38. The number of fused-ring (bicyclic) bond motifs is 1. The third-order valence-corrected chi connectivity index (χ3v) is 5.48. The molecule has 4 rings (SSSR count). The van der Waals surface area contributed by atoms with E-state index < -0.39 is 5.60 Å². The van der Waals surface area contributed by atoms with Gasteiger partial charge in [-0.15, -0.1) is 0 Å². The molecule has 2 aliphatic carbocycles. The Morgan fingerprint density at radius 3 is 2.46 bits per heavy atom. The molecule has 1 aliphatic heterocycles. The molecule has 7 heteroatoms. The number of nitrogens with zero attached hydrogens (tertiary/aromatic N) is 2. The number of nitrogens with one attached hydrogen (secondary N) is 1. The molecule has 2 amide bonds. The molecule has 1 aromatic heterocycles. The highest BCUT2D eigenvalue weighted by Gasteiger charge is 2.44. The Bertz CT molecular complexity index is 690. The van der Waals surface area contributed by atoms with Crippen LogP contribution in [0, 0.1) is 11.8 Å². The fourth-order valence-electron chi connectivity index (χ4n) is 4.11. The first-order chi connectivity index (χ1) is 12.3. The zero-order valence-corrected chi connectivity index (χ0v) is 15.7. The van der Waals surface area contributed by atoms with Crippen LogP contribution in [0.3, 0.4) is 0 Å². The molecule has 0 radical (unpaired) electrons. The van der Waals surface area contributed by atoms with E-state index in [1.54, 1.807) is 11.0 Å². The van der Waals surface area contributed by atoms with Crippen molar-refractivity contribution in [2.75, 3.05) is 13.1 Å². The molecule has 0 aromatic carbocycles. The quantitative estimate of drug-likeness (QED) is 0.895. The second-order valence-electron chi connectivity index (χ2n) is 8.94. The topological polar surface area (TPSA) is 84.7 Å². The molecule has 1 saturated heterocycles. The smallest absolute Gasteiger partial charge is 0.410 e. The highest BCUT2D eigenvalue weighted by Crippen LogP contribution is 2.40. The maximum Gasteiger partial charge on any atom is 0.410 e. The van der Waals surface area contributed by atoms with Gasteiger partial charge in [0, 0.05) is 31.1 Å². The number of carbonyl (C=O) groups excluding carboxylic acids is 2. The molecule has 1 unspecified atom stereocenters. The molecular weight excluding hydrogens is 334 g/mol. The summed E-state index contributed by atoms with van der Waals surface area (Å²) in [7, 11) is 0. The van der Waals surface area contributed by atoms with Crippen molar-refractivity contribution in [3.05, 3.63) is 17.5 Å². The minimum absolute atomic E-state index is 0.138. The summed E-state index contributed by atoms with van der Waals surface area (Å²) in [5.41, 5.74) is -0.0956. The van der Waals surface area contributed by atoms with Gasteiger partial charge in [-0.1, -0.05) is 5.16 Å². The number of hydrogen-bond donors (Lipinski definition) is 1.